The summed E-state index contributed by atoms with van der Waals surface area (Å²) in [6.45, 7) is 6.91. The van der Waals surface area contributed by atoms with Gasteiger partial charge >= 0.3 is 0 Å². The van der Waals surface area contributed by atoms with Crippen molar-refractivity contribution in [2.24, 2.45) is 0 Å². The van der Waals surface area contributed by atoms with Gasteiger partial charge in [0.15, 0.2) is 0 Å². The molecule has 100 valence electrons. The standard InChI is InChI=1S/C19H18S/c1-4-13-11(2)12(3)18-14(13)9-10-17-19(18)15-7-5-6-8-16(15)20-17/h5-10,13H,4H2,1-3H3. The molecule has 1 unspecified atom stereocenters. The van der Waals surface area contributed by atoms with E-state index in [1.165, 1.54) is 37.7 Å². The van der Waals surface area contributed by atoms with Crippen molar-refractivity contribution in [1.29, 1.82) is 0 Å². The van der Waals surface area contributed by atoms with Gasteiger partial charge in [0.25, 0.3) is 0 Å². The lowest BCUT2D eigenvalue weighted by Crippen LogP contribution is -1.94. The first kappa shape index (κ1) is 12.2. The molecular weight excluding hydrogens is 260 g/mol. The molecule has 0 amide bonds. The fourth-order valence-electron chi connectivity index (χ4n) is 3.75. The Hall–Kier alpha value is -1.60. The molecule has 0 bridgehead atoms. The Morgan fingerprint density at radius 2 is 1.80 bits per heavy atom. The van der Waals surface area contributed by atoms with Crippen LogP contribution in [0, 0.1) is 0 Å². The normalized spacial score (nSPS) is 18.2. The van der Waals surface area contributed by atoms with Crippen molar-refractivity contribution < 1.29 is 0 Å². The minimum Gasteiger partial charge on any atom is -0.135 e. The Labute approximate surface area is 123 Å². The first-order valence-electron chi connectivity index (χ1n) is 7.34. The number of benzene rings is 2. The second-order valence-corrected chi connectivity index (χ2v) is 6.85. The summed E-state index contributed by atoms with van der Waals surface area (Å²) in [4.78, 5) is 0. The molecule has 0 aliphatic heterocycles. The molecule has 0 saturated heterocycles. The number of fused-ring (bicyclic) bond motifs is 5. The van der Waals surface area contributed by atoms with Gasteiger partial charge in [-0.05, 0) is 49.1 Å². The SMILES string of the molecule is CCC1C(C)=C(C)c2c1ccc1sc3ccccc3c21. The lowest BCUT2D eigenvalue weighted by atomic mass is 9.93. The highest BCUT2D eigenvalue weighted by Crippen LogP contribution is 2.49. The molecule has 1 aliphatic rings. The number of rotatable bonds is 1. The van der Waals surface area contributed by atoms with E-state index in [0.717, 1.165) is 0 Å². The van der Waals surface area contributed by atoms with E-state index in [1.54, 1.807) is 11.1 Å². The maximum absolute atomic E-state index is 2.36. The van der Waals surface area contributed by atoms with Gasteiger partial charge in [-0.3, -0.25) is 0 Å². The predicted molar refractivity (Wildman–Crippen MR) is 90.6 cm³/mol. The average molecular weight is 278 g/mol. The van der Waals surface area contributed by atoms with Crippen molar-refractivity contribution in [2.75, 3.05) is 0 Å². The third kappa shape index (κ3) is 1.42. The molecule has 1 atom stereocenters. The monoisotopic (exact) mass is 278 g/mol. The fraction of sp³-hybridized carbons (Fsp3) is 0.263. The van der Waals surface area contributed by atoms with Crippen LogP contribution in [-0.4, -0.2) is 0 Å². The number of hydrogen-bond donors (Lipinski definition) is 0. The molecule has 2 aromatic carbocycles. The van der Waals surface area contributed by atoms with Gasteiger partial charge in [-0.15, -0.1) is 11.3 Å². The Kier molecular flexibility index (Phi) is 2.55. The molecule has 3 aromatic rings. The van der Waals surface area contributed by atoms with Crippen LogP contribution >= 0.6 is 11.3 Å². The maximum atomic E-state index is 2.36. The number of thiophene rings is 1. The van der Waals surface area contributed by atoms with Crippen molar-refractivity contribution in [3.8, 4) is 0 Å². The Morgan fingerprint density at radius 3 is 2.60 bits per heavy atom. The fourth-order valence-corrected chi connectivity index (χ4v) is 4.86. The van der Waals surface area contributed by atoms with E-state index in [0.29, 0.717) is 5.92 Å². The molecule has 0 fully saturated rings. The van der Waals surface area contributed by atoms with Crippen LogP contribution < -0.4 is 0 Å². The van der Waals surface area contributed by atoms with Gasteiger partial charge in [0.1, 0.15) is 0 Å². The van der Waals surface area contributed by atoms with Crippen molar-refractivity contribution in [3.63, 3.8) is 0 Å². The van der Waals surface area contributed by atoms with E-state index in [1.807, 2.05) is 11.3 Å². The second-order valence-electron chi connectivity index (χ2n) is 5.77. The van der Waals surface area contributed by atoms with Crippen molar-refractivity contribution >= 4 is 37.1 Å². The van der Waals surface area contributed by atoms with Crippen LogP contribution in [-0.2, 0) is 0 Å². The number of allylic oxidation sites excluding steroid dienone is 2. The summed E-state index contributed by atoms with van der Waals surface area (Å²) in [6.07, 6.45) is 1.20. The summed E-state index contributed by atoms with van der Waals surface area (Å²) in [7, 11) is 0. The summed E-state index contributed by atoms with van der Waals surface area (Å²) in [5, 5.41) is 2.91. The van der Waals surface area contributed by atoms with Crippen LogP contribution in [0.3, 0.4) is 0 Å². The third-order valence-electron chi connectivity index (χ3n) is 4.85. The molecule has 0 nitrogen and oxygen atoms in total. The average Bonchev–Trinajstić information content (AvgIpc) is 2.95. The van der Waals surface area contributed by atoms with Gasteiger partial charge in [0.05, 0.1) is 0 Å². The van der Waals surface area contributed by atoms with E-state index in [9.17, 15) is 0 Å². The molecule has 4 rings (SSSR count). The van der Waals surface area contributed by atoms with Crippen molar-refractivity contribution in [3.05, 3.63) is 53.1 Å². The van der Waals surface area contributed by atoms with E-state index in [-0.39, 0.29) is 0 Å². The zero-order chi connectivity index (χ0) is 13.9. The molecule has 1 aliphatic carbocycles. The highest BCUT2D eigenvalue weighted by atomic mass is 32.1. The molecule has 0 saturated carbocycles. The van der Waals surface area contributed by atoms with E-state index in [2.05, 4.69) is 57.2 Å². The third-order valence-corrected chi connectivity index (χ3v) is 5.98. The van der Waals surface area contributed by atoms with Gasteiger partial charge in [0.2, 0.25) is 0 Å². The molecule has 1 aromatic heterocycles. The van der Waals surface area contributed by atoms with Crippen molar-refractivity contribution in [2.45, 2.75) is 33.1 Å². The van der Waals surface area contributed by atoms with Gasteiger partial charge in [0, 0.05) is 26.1 Å². The number of hydrogen-bond acceptors (Lipinski definition) is 1. The van der Waals surface area contributed by atoms with Crippen LogP contribution in [0.15, 0.2) is 42.0 Å². The van der Waals surface area contributed by atoms with E-state index >= 15 is 0 Å². The molecule has 0 spiro atoms. The lowest BCUT2D eigenvalue weighted by molar-refractivity contribution is 0.776. The molecule has 20 heavy (non-hydrogen) atoms. The van der Waals surface area contributed by atoms with Gasteiger partial charge in [-0.2, -0.15) is 0 Å². The van der Waals surface area contributed by atoms with Crippen LogP contribution in [0.1, 0.15) is 44.2 Å². The highest BCUT2D eigenvalue weighted by molar-refractivity contribution is 7.25. The first-order valence-corrected chi connectivity index (χ1v) is 8.16. The van der Waals surface area contributed by atoms with E-state index in [4.69, 9.17) is 0 Å². The van der Waals surface area contributed by atoms with Gasteiger partial charge < -0.3 is 0 Å². The summed E-state index contributed by atoms with van der Waals surface area (Å²) in [5.41, 5.74) is 6.12. The summed E-state index contributed by atoms with van der Waals surface area (Å²) in [6, 6.07) is 13.5. The zero-order valence-corrected chi connectivity index (χ0v) is 13.0. The first-order chi connectivity index (χ1) is 9.72. The minimum atomic E-state index is 0.619. The maximum Gasteiger partial charge on any atom is 0.0361 e. The quantitative estimate of drug-likeness (QED) is 0.486. The molecule has 1 heteroatoms. The Bertz CT molecular complexity index is 864. The summed E-state index contributed by atoms with van der Waals surface area (Å²) in [5.74, 6) is 0.619. The molecular formula is C19H18S. The second kappa shape index (κ2) is 4.20. The molecule has 0 radical (unpaired) electrons. The van der Waals surface area contributed by atoms with E-state index < -0.39 is 0 Å². The summed E-state index contributed by atoms with van der Waals surface area (Å²) < 4.78 is 2.83. The Balaban J connectivity index is 2.20. The Morgan fingerprint density at radius 1 is 1.00 bits per heavy atom. The van der Waals surface area contributed by atoms with Crippen LogP contribution in [0.5, 0.6) is 0 Å². The largest absolute Gasteiger partial charge is 0.135 e. The van der Waals surface area contributed by atoms with Gasteiger partial charge in [-0.25, -0.2) is 0 Å². The minimum absolute atomic E-state index is 0.619. The smallest absolute Gasteiger partial charge is 0.0361 e. The van der Waals surface area contributed by atoms with Crippen LogP contribution in [0.4, 0.5) is 0 Å². The highest BCUT2D eigenvalue weighted by Gasteiger charge is 2.27. The lowest BCUT2D eigenvalue weighted by Gasteiger charge is -2.11. The van der Waals surface area contributed by atoms with Gasteiger partial charge in [-0.1, -0.05) is 36.8 Å². The van der Waals surface area contributed by atoms with Crippen LogP contribution in [0.2, 0.25) is 0 Å². The zero-order valence-electron chi connectivity index (χ0n) is 12.2. The molecule has 0 N–H and O–H groups in total. The summed E-state index contributed by atoms with van der Waals surface area (Å²) >= 11 is 1.92. The van der Waals surface area contributed by atoms with Crippen LogP contribution in [0.25, 0.3) is 25.7 Å². The predicted octanol–water partition coefficient (Wildman–Crippen LogP) is 6.36. The van der Waals surface area contributed by atoms with Crippen molar-refractivity contribution in [1.82, 2.24) is 0 Å². The molecule has 1 heterocycles. The topological polar surface area (TPSA) is 0 Å².